The van der Waals surface area contributed by atoms with Gasteiger partial charge in [0.25, 0.3) is 0 Å². The van der Waals surface area contributed by atoms with Crippen LogP contribution in [0.1, 0.15) is 45.8 Å². The van der Waals surface area contributed by atoms with Crippen LogP contribution in [0.25, 0.3) is 0 Å². The molecule has 1 aromatic rings. The molecule has 0 bridgehead atoms. The van der Waals surface area contributed by atoms with Gasteiger partial charge in [-0.3, -0.25) is 0 Å². The van der Waals surface area contributed by atoms with Crippen LogP contribution in [0.3, 0.4) is 0 Å². The van der Waals surface area contributed by atoms with E-state index in [2.05, 4.69) is 43.2 Å². The van der Waals surface area contributed by atoms with Gasteiger partial charge in [0.2, 0.25) is 0 Å². The molecule has 1 aliphatic rings. The number of halogens is 1. The van der Waals surface area contributed by atoms with Crippen molar-refractivity contribution in [1.82, 2.24) is 20.2 Å². The summed E-state index contributed by atoms with van der Waals surface area (Å²) in [4.78, 5) is 0. The number of alkyl halides is 1. The van der Waals surface area contributed by atoms with Crippen molar-refractivity contribution in [3.05, 3.63) is 5.82 Å². The zero-order valence-corrected chi connectivity index (χ0v) is 11.3. The van der Waals surface area contributed by atoms with E-state index in [9.17, 15) is 0 Å². The first-order valence-corrected chi connectivity index (χ1v) is 6.12. The lowest BCUT2D eigenvalue weighted by molar-refractivity contribution is 0.453. The van der Waals surface area contributed by atoms with E-state index in [0.717, 1.165) is 12.4 Å². The van der Waals surface area contributed by atoms with Gasteiger partial charge in [-0.15, -0.1) is 16.7 Å². The Labute approximate surface area is 101 Å². The van der Waals surface area contributed by atoms with Crippen molar-refractivity contribution >= 4 is 11.6 Å². The zero-order chi connectivity index (χ0) is 12.1. The summed E-state index contributed by atoms with van der Waals surface area (Å²) in [7, 11) is 0. The molecule has 1 fully saturated rings. The van der Waals surface area contributed by atoms with Gasteiger partial charge in [-0.1, -0.05) is 27.7 Å². The molecule has 0 saturated heterocycles. The minimum Gasteiger partial charge on any atom is -0.228 e. The van der Waals surface area contributed by atoms with Crippen molar-refractivity contribution < 1.29 is 0 Å². The maximum atomic E-state index is 6.03. The Morgan fingerprint density at radius 1 is 1.31 bits per heavy atom. The van der Waals surface area contributed by atoms with Gasteiger partial charge in [0.05, 0.1) is 5.38 Å². The average Bonchev–Trinajstić information content (AvgIpc) is 2.58. The maximum Gasteiger partial charge on any atom is 0.168 e. The van der Waals surface area contributed by atoms with E-state index in [1.165, 1.54) is 0 Å². The summed E-state index contributed by atoms with van der Waals surface area (Å²) in [6.07, 6.45) is 0. The summed E-state index contributed by atoms with van der Waals surface area (Å²) in [5.41, 5.74) is 0.706. The summed E-state index contributed by atoms with van der Waals surface area (Å²) in [6.45, 7) is 11.9. The Balaban J connectivity index is 2.15. The fourth-order valence-electron chi connectivity index (χ4n) is 2.59. The van der Waals surface area contributed by atoms with E-state index in [1.54, 1.807) is 0 Å². The Bertz CT molecular complexity index is 380. The second-order valence-corrected chi connectivity index (χ2v) is 6.49. The Morgan fingerprint density at radius 3 is 2.31 bits per heavy atom. The summed E-state index contributed by atoms with van der Waals surface area (Å²) in [5.74, 6) is 1.37. The Hall–Kier alpha value is -0.640. The van der Waals surface area contributed by atoms with Crippen molar-refractivity contribution in [3.63, 3.8) is 0 Å². The predicted molar refractivity (Wildman–Crippen MR) is 63.1 cm³/mol. The van der Waals surface area contributed by atoms with E-state index in [4.69, 9.17) is 11.6 Å². The quantitative estimate of drug-likeness (QED) is 0.766. The molecule has 0 aromatic carbocycles. The average molecular weight is 243 g/mol. The van der Waals surface area contributed by atoms with Crippen molar-refractivity contribution in [2.75, 3.05) is 0 Å². The van der Waals surface area contributed by atoms with Gasteiger partial charge < -0.3 is 0 Å². The van der Waals surface area contributed by atoms with Gasteiger partial charge in [-0.05, 0) is 34.1 Å². The van der Waals surface area contributed by atoms with Gasteiger partial charge >= 0.3 is 0 Å². The molecule has 16 heavy (non-hydrogen) atoms. The second kappa shape index (κ2) is 3.42. The minimum atomic E-state index is -0.139. The molecule has 2 rings (SSSR count). The molecule has 5 heteroatoms. The van der Waals surface area contributed by atoms with Gasteiger partial charge in [-0.2, -0.15) is 0 Å². The lowest BCUT2D eigenvalue weighted by Gasteiger charge is -2.06. The number of hydrogen-bond donors (Lipinski definition) is 0. The molecular weight excluding hydrogens is 224 g/mol. The van der Waals surface area contributed by atoms with Gasteiger partial charge in [0.15, 0.2) is 5.82 Å². The number of rotatable bonds is 3. The van der Waals surface area contributed by atoms with Gasteiger partial charge in [-0.25, -0.2) is 4.68 Å². The molecule has 1 aromatic heterocycles. The zero-order valence-electron chi connectivity index (χ0n) is 10.5. The Morgan fingerprint density at radius 2 is 1.88 bits per heavy atom. The van der Waals surface area contributed by atoms with E-state index in [-0.39, 0.29) is 5.38 Å². The highest BCUT2D eigenvalue weighted by molar-refractivity contribution is 6.20. The largest absolute Gasteiger partial charge is 0.228 e. The molecule has 90 valence electrons. The number of hydrogen-bond acceptors (Lipinski definition) is 3. The third-order valence-electron chi connectivity index (χ3n) is 4.59. The van der Waals surface area contributed by atoms with Crippen LogP contribution in [0.15, 0.2) is 0 Å². The second-order valence-electron chi connectivity index (χ2n) is 5.83. The molecule has 0 spiro atoms. The van der Waals surface area contributed by atoms with Crippen molar-refractivity contribution in [2.45, 2.75) is 46.5 Å². The SMILES string of the molecule is CC(Cl)c1nnnn1CC1C(C)(C)C1(C)C. The van der Waals surface area contributed by atoms with E-state index in [0.29, 0.717) is 16.7 Å². The molecule has 4 nitrogen and oxygen atoms in total. The first kappa shape index (κ1) is 11.8. The number of tetrazole rings is 1. The van der Waals surface area contributed by atoms with Crippen LogP contribution in [0.2, 0.25) is 0 Å². The molecule has 1 atom stereocenters. The van der Waals surface area contributed by atoms with Crippen LogP contribution in [0.4, 0.5) is 0 Å². The topological polar surface area (TPSA) is 43.6 Å². The molecule has 1 aliphatic carbocycles. The first-order valence-electron chi connectivity index (χ1n) is 5.68. The molecule has 0 aliphatic heterocycles. The molecule has 1 unspecified atom stereocenters. The Kier molecular flexibility index (Phi) is 2.53. The summed E-state index contributed by atoms with van der Waals surface area (Å²) < 4.78 is 1.85. The van der Waals surface area contributed by atoms with Gasteiger partial charge in [0.1, 0.15) is 0 Å². The summed E-state index contributed by atoms with van der Waals surface area (Å²) in [5, 5.41) is 11.5. The molecule has 1 heterocycles. The van der Waals surface area contributed by atoms with E-state index in [1.807, 2.05) is 11.6 Å². The lowest BCUT2D eigenvalue weighted by Crippen LogP contribution is -2.10. The molecular formula is C11H19ClN4. The molecule has 0 radical (unpaired) electrons. The normalized spacial score (nSPS) is 24.4. The molecule has 0 N–H and O–H groups in total. The van der Waals surface area contributed by atoms with Crippen LogP contribution in [0.5, 0.6) is 0 Å². The monoisotopic (exact) mass is 242 g/mol. The fraction of sp³-hybridized carbons (Fsp3) is 0.909. The standard InChI is InChI=1S/C11H19ClN4/c1-7(12)9-13-14-15-16(9)6-8-10(2,3)11(8,4)5/h7-8H,6H2,1-5H3. The van der Waals surface area contributed by atoms with Crippen LogP contribution < -0.4 is 0 Å². The highest BCUT2D eigenvalue weighted by atomic mass is 35.5. The maximum absolute atomic E-state index is 6.03. The predicted octanol–water partition coefficient (Wildman–Crippen LogP) is 2.66. The molecule has 1 saturated carbocycles. The van der Waals surface area contributed by atoms with E-state index >= 15 is 0 Å². The summed E-state index contributed by atoms with van der Waals surface area (Å²) >= 11 is 6.03. The van der Waals surface area contributed by atoms with Crippen LogP contribution >= 0.6 is 11.6 Å². The van der Waals surface area contributed by atoms with Crippen LogP contribution in [-0.4, -0.2) is 20.2 Å². The molecule has 0 amide bonds. The minimum absolute atomic E-state index is 0.139. The number of aromatic nitrogens is 4. The highest BCUT2D eigenvalue weighted by Crippen LogP contribution is 2.68. The highest BCUT2D eigenvalue weighted by Gasteiger charge is 2.64. The third kappa shape index (κ3) is 1.54. The lowest BCUT2D eigenvalue weighted by atomic mass is 10.0. The van der Waals surface area contributed by atoms with Crippen LogP contribution in [-0.2, 0) is 6.54 Å². The van der Waals surface area contributed by atoms with Crippen molar-refractivity contribution in [1.29, 1.82) is 0 Å². The summed E-state index contributed by atoms with van der Waals surface area (Å²) in [6, 6.07) is 0. The smallest absolute Gasteiger partial charge is 0.168 e. The van der Waals surface area contributed by atoms with Crippen molar-refractivity contribution in [2.24, 2.45) is 16.7 Å². The fourth-order valence-corrected chi connectivity index (χ4v) is 2.75. The number of nitrogens with zero attached hydrogens (tertiary/aromatic N) is 4. The first-order chi connectivity index (χ1) is 7.28. The van der Waals surface area contributed by atoms with Crippen molar-refractivity contribution in [3.8, 4) is 0 Å². The third-order valence-corrected chi connectivity index (χ3v) is 4.79. The van der Waals surface area contributed by atoms with Gasteiger partial charge in [0, 0.05) is 6.54 Å². The van der Waals surface area contributed by atoms with Crippen LogP contribution in [0, 0.1) is 16.7 Å². The van der Waals surface area contributed by atoms with E-state index < -0.39 is 0 Å².